The van der Waals surface area contributed by atoms with Gasteiger partial charge in [-0.15, -0.1) is 0 Å². The zero-order valence-electron chi connectivity index (χ0n) is 18.0. The van der Waals surface area contributed by atoms with Crippen molar-refractivity contribution in [3.63, 3.8) is 0 Å². The van der Waals surface area contributed by atoms with Crippen molar-refractivity contribution >= 4 is 23.7 Å². The minimum atomic E-state index is -0.842. The molecule has 3 atom stereocenters. The lowest BCUT2D eigenvalue weighted by molar-refractivity contribution is -0.164. The van der Waals surface area contributed by atoms with E-state index in [0.29, 0.717) is 24.3 Å². The summed E-state index contributed by atoms with van der Waals surface area (Å²) in [5.41, 5.74) is 0.363. The average Bonchev–Trinajstić information content (AvgIpc) is 3.03. The number of carbonyl (C=O) groups excluding carboxylic acids is 4. The summed E-state index contributed by atoms with van der Waals surface area (Å²) in [5, 5.41) is 5.43. The standard InChI is InChI=1S/C22H27N3O7/c1-3-31-22-17(12-19(27)32-22)23-18(26)13-25-10-5-4-9-16(21(25)29)24-20(28)14-7-6-8-15(11-14)30-2/h4-8,11,16-17,22H,3,9-10,12-13H2,1-2H3,(H,23,26)(H,24,28). The SMILES string of the molecule is CCOC1OC(=O)CC1NC(=O)CN1CC=CCC(NC(=O)c2cccc(OC)c2)C1=O. The fraction of sp³-hybridized carbons (Fsp3) is 0.455. The van der Waals surface area contributed by atoms with Crippen LogP contribution in [-0.2, 0) is 23.9 Å². The quantitative estimate of drug-likeness (QED) is 0.438. The molecule has 10 heteroatoms. The number of benzene rings is 1. The highest BCUT2D eigenvalue weighted by Crippen LogP contribution is 2.17. The first-order chi connectivity index (χ1) is 15.4. The van der Waals surface area contributed by atoms with Gasteiger partial charge in [0.15, 0.2) is 0 Å². The van der Waals surface area contributed by atoms with E-state index in [1.165, 1.54) is 12.0 Å². The number of cyclic esters (lactones) is 1. The van der Waals surface area contributed by atoms with Gasteiger partial charge in [0, 0.05) is 18.7 Å². The van der Waals surface area contributed by atoms with Gasteiger partial charge in [0.05, 0.1) is 20.1 Å². The summed E-state index contributed by atoms with van der Waals surface area (Å²) in [6.45, 7) is 2.09. The van der Waals surface area contributed by atoms with Gasteiger partial charge in [-0.3, -0.25) is 19.2 Å². The van der Waals surface area contributed by atoms with Crippen molar-refractivity contribution < 1.29 is 33.4 Å². The molecule has 2 aliphatic heterocycles. The molecule has 1 aromatic carbocycles. The van der Waals surface area contributed by atoms with E-state index in [0.717, 1.165) is 0 Å². The second-order valence-electron chi connectivity index (χ2n) is 7.38. The van der Waals surface area contributed by atoms with Crippen LogP contribution in [0.1, 0.15) is 30.1 Å². The number of nitrogens with one attached hydrogen (secondary N) is 2. The Morgan fingerprint density at radius 3 is 2.78 bits per heavy atom. The third-order valence-corrected chi connectivity index (χ3v) is 5.09. The lowest BCUT2D eigenvalue weighted by Crippen LogP contribution is -2.52. The van der Waals surface area contributed by atoms with Crippen LogP contribution in [0.25, 0.3) is 0 Å². The molecule has 0 radical (unpaired) electrons. The minimum Gasteiger partial charge on any atom is -0.497 e. The summed E-state index contributed by atoms with van der Waals surface area (Å²) in [4.78, 5) is 51.1. The highest BCUT2D eigenvalue weighted by Gasteiger charge is 2.37. The van der Waals surface area contributed by atoms with Gasteiger partial charge in [-0.1, -0.05) is 18.2 Å². The first-order valence-corrected chi connectivity index (χ1v) is 10.4. The van der Waals surface area contributed by atoms with Gasteiger partial charge in [-0.05, 0) is 31.5 Å². The van der Waals surface area contributed by atoms with E-state index in [-0.39, 0.29) is 25.4 Å². The Hall–Kier alpha value is -3.40. The summed E-state index contributed by atoms with van der Waals surface area (Å²) in [6.07, 6.45) is 3.04. The molecule has 2 heterocycles. The molecule has 2 aliphatic rings. The Morgan fingerprint density at radius 2 is 2.03 bits per heavy atom. The Bertz CT molecular complexity index is 901. The highest BCUT2D eigenvalue weighted by atomic mass is 16.7. The number of amides is 3. The Morgan fingerprint density at radius 1 is 1.22 bits per heavy atom. The summed E-state index contributed by atoms with van der Waals surface area (Å²) in [5.74, 6) is -1.16. The molecule has 10 nitrogen and oxygen atoms in total. The first-order valence-electron chi connectivity index (χ1n) is 10.4. The molecule has 1 fully saturated rings. The molecule has 0 spiro atoms. The molecule has 2 N–H and O–H groups in total. The van der Waals surface area contributed by atoms with E-state index in [1.54, 1.807) is 43.3 Å². The summed E-state index contributed by atoms with van der Waals surface area (Å²) in [7, 11) is 1.50. The number of methoxy groups -OCH3 is 1. The topological polar surface area (TPSA) is 123 Å². The predicted molar refractivity (Wildman–Crippen MR) is 113 cm³/mol. The lowest BCUT2D eigenvalue weighted by atomic mass is 10.1. The second-order valence-corrected chi connectivity index (χ2v) is 7.38. The van der Waals surface area contributed by atoms with Crippen LogP contribution < -0.4 is 15.4 Å². The molecule has 1 saturated heterocycles. The normalized spacial score (nSPS) is 22.8. The van der Waals surface area contributed by atoms with E-state index in [4.69, 9.17) is 14.2 Å². The molecular formula is C22H27N3O7. The van der Waals surface area contributed by atoms with Crippen LogP contribution in [-0.4, -0.2) is 73.8 Å². The van der Waals surface area contributed by atoms with Crippen molar-refractivity contribution in [2.75, 3.05) is 26.8 Å². The maximum Gasteiger partial charge on any atom is 0.310 e. The van der Waals surface area contributed by atoms with Crippen LogP contribution in [0.15, 0.2) is 36.4 Å². The summed E-state index contributed by atoms with van der Waals surface area (Å²) >= 11 is 0. The molecule has 0 aromatic heterocycles. The van der Waals surface area contributed by atoms with E-state index in [9.17, 15) is 19.2 Å². The van der Waals surface area contributed by atoms with E-state index >= 15 is 0 Å². The van der Waals surface area contributed by atoms with Gasteiger partial charge in [0.1, 0.15) is 17.8 Å². The van der Waals surface area contributed by atoms with Crippen LogP contribution in [0.3, 0.4) is 0 Å². The number of hydrogen-bond donors (Lipinski definition) is 2. The minimum absolute atomic E-state index is 0.00345. The van der Waals surface area contributed by atoms with Crippen molar-refractivity contribution in [2.24, 2.45) is 0 Å². The van der Waals surface area contributed by atoms with Gasteiger partial charge < -0.3 is 29.7 Å². The molecule has 0 bridgehead atoms. The van der Waals surface area contributed by atoms with E-state index in [2.05, 4.69) is 10.6 Å². The first kappa shape index (κ1) is 23.3. The molecule has 32 heavy (non-hydrogen) atoms. The van der Waals surface area contributed by atoms with Crippen LogP contribution in [0.4, 0.5) is 0 Å². The number of hydrogen-bond acceptors (Lipinski definition) is 7. The van der Waals surface area contributed by atoms with Crippen molar-refractivity contribution in [2.45, 2.75) is 38.1 Å². The fourth-order valence-electron chi connectivity index (χ4n) is 3.51. The maximum atomic E-state index is 13.0. The van der Waals surface area contributed by atoms with Gasteiger partial charge in [-0.2, -0.15) is 0 Å². The van der Waals surface area contributed by atoms with Crippen molar-refractivity contribution in [3.05, 3.63) is 42.0 Å². The van der Waals surface area contributed by atoms with Crippen molar-refractivity contribution in [3.8, 4) is 5.75 Å². The van der Waals surface area contributed by atoms with Crippen molar-refractivity contribution in [1.82, 2.24) is 15.5 Å². The van der Waals surface area contributed by atoms with Gasteiger partial charge in [0.2, 0.25) is 18.1 Å². The summed E-state index contributed by atoms with van der Waals surface area (Å²) < 4.78 is 15.5. The second kappa shape index (κ2) is 10.8. The van der Waals surface area contributed by atoms with E-state index in [1.807, 2.05) is 0 Å². The van der Waals surface area contributed by atoms with Crippen LogP contribution >= 0.6 is 0 Å². The molecule has 3 amide bonds. The van der Waals surface area contributed by atoms with Gasteiger partial charge in [-0.25, -0.2) is 0 Å². The average molecular weight is 445 g/mol. The number of carbonyl (C=O) groups is 4. The Kier molecular flexibility index (Phi) is 7.82. The number of nitrogens with zero attached hydrogens (tertiary/aromatic N) is 1. The largest absolute Gasteiger partial charge is 0.497 e. The highest BCUT2D eigenvalue weighted by molar-refractivity contribution is 5.98. The molecule has 3 unspecified atom stereocenters. The van der Waals surface area contributed by atoms with Crippen molar-refractivity contribution in [1.29, 1.82) is 0 Å². The number of rotatable bonds is 8. The molecule has 1 aromatic rings. The number of esters is 1. The molecule has 3 rings (SSSR count). The molecule has 172 valence electrons. The zero-order chi connectivity index (χ0) is 23.1. The summed E-state index contributed by atoms with van der Waals surface area (Å²) in [6, 6.07) is 5.18. The lowest BCUT2D eigenvalue weighted by Gasteiger charge is -2.25. The molecular weight excluding hydrogens is 418 g/mol. The predicted octanol–water partition coefficient (Wildman–Crippen LogP) is 0.376. The Labute approximate surface area is 185 Å². The number of ether oxygens (including phenoxy) is 3. The van der Waals surface area contributed by atoms with Crippen LogP contribution in [0.2, 0.25) is 0 Å². The molecule has 0 saturated carbocycles. The monoisotopic (exact) mass is 445 g/mol. The third-order valence-electron chi connectivity index (χ3n) is 5.09. The van der Waals surface area contributed by atoms with Gasteiger partial charge >= 0.3 is 5.97 Å². The smallest absolute Gasteiger partial charge is 0.310 e. The third kappa shape index (κ3) is 5.85. The van der Waals surface area contributed by atoms with Gasteiger partial charge in [0.25, 0.3) is 5.91 Å². The van der Waals surface area contributed by atoms with Crippen LogP contribution in [0.5, 0.6) is 5.75 Å². The maximum absolute atomic E-state index is 13.0. The fourth-order valence-corrected chi connectivity index (χ4v) is 3.51. The van der Waals surface area contributed by atoms with Crippen LogP contribution in [0, 0.1) is 0 Å². The van der Waals surface area contributed by atoms with E-state index < -0.39 is 36.2 Å². The Balaban J connectivity index is 1.60. The zero-order valence-corrected chi connectivity index (χ0v) is 18.0. The molecule has 0 aliphatic carbocycles.